The third-order valence-corrected chi connectivity index (χ3v) is 5.53. The van der Waals surface area contributed by atoms with Crippen LogP contribution in [-0.2, 0) is 19.1 Å². The van der Waals surface area contributed by atoms with Crippen molar-refractivity contribution in [2.24, 2.45) is 0 Å². The fourth-order valence-corrected chi connectivity index (χ4v) is 3.41. The molecule has 3 rings (SSSR count). The molecule has 0 aliphatic carbocycles. The van der Waals surface area contributed by atoms with Gasteiger partial charge in [0.2, 0.25) is 6.29 Å². The minimum Gasteiger partial charge on any atom is -0.479 e. The zero-order chi connectivity index (χ0) is 25.2. The van der Waals surface area contributed by atoms with Gasteiger partial charge in [0.05, 0.1) is 0 Å². The summed E-state index contributed by atoms with van der Waals surface area (Å²) >= 11 is 5.87. The summed E-state index contributed by atoms with van der Waals surface area (Å²) in [7, 11) is 0. The maximum atomic E-state index is 12.7. The van der Waals surface area contributed by atoms with Gasteiger partial charge in [-0.2, -0.15) is 0 Å². The molecule has 34 heavy (non-hydrogen) atoms. The Morgan fingerprint density at radius 1 is 0.941 bits per heavy atom. The number of carboxylic acid groups (broad SMARTS) is 1. The number of aliphatic hydroxyl groups is 4. The van der Waals surface area contributed by atoms with Crippen molar-refractivity contribution in [2.45, 2.75) is 56.3 Å². The van der Waals surface area contributed by atoms with E-state index in [4.69, 9.17) is 30.9 Å². The normalized spacial score (nSPS) is 25.9. The number of benzene rings is 2. The molecule has 0 saturated carbocycles. The number of carbonyl (C=O) groups excluding carboxylic acids is 1. The second-order valence-electron chi connectivity index (χ2n) is 8.28. The van der Waals surface area contributed by atoms with Gasteiger partial charge in [0.1, 0.15) is 30.2 Å². The number of ether oxygens (including phenoxy) is 3. The molecule has 1 saturated heterocycles. The van der Waals surface area contributed by atoms with Crippen LogP contribution in [0.3, 0.4) is 0 Å². The first-order valence-electron chi connectivity index (χ1n) is 10.3. The smallest absolute Gasteiger partial charge is 0.352 e. The van der Waals surface area contributed by atoms with Crippen LogP contribution in [0.25, 0.3) is 0 Å². The number of rotatable bonds is 7. The van der Waals surface area contributed by atoms with E-state index in [0.717, 1.165) is 0 Å². The van der Waals surface area contributed by atoms with Crippen LogP contribution in [0.15, 0.2) is 48.5 Å². The van der Waals surface area contributed by atoms with Crippen molar-refractivity contribution in [3.63, 3.8) is 0 Å². The first kappa shape index (κ1) is 25.9. The lowest BCUT2D eigenvalue weighted by molar-refractivity contribution is -0.289. The fraction of sp³-hybridized carbons (Fsp3) is 0.391. The highest BCUT2D eigenvalue weighted by Crippen LogP contribution is 2.28. The Labute approximate surface area is 199 Å². The molecule has 6 atom stereocenters. The molecule has 4 unspecified atom stereocenters. The molecule has 11 heteroatoms. The first-order valence-corrected chi connectivity index (χ1v) is 10.6. The second kappa shape index (κ2) is 10.3. The third kappa shape index (κ3) is 5.66. The Morgan fingerprint density at radius 2 is 1.47 bits per heavy atom. The average molecular weight is 497 g/mol. The predicted molar refractivity (Wildman–Crippen MR) is 117 cm³/mol. The van der Waals surface area contributed by atoms with Crippen LogP contribution in [0.2, 0.25) is 5.02 Å². The van der Waals surface area contributed by atoms with Crippen LogP contribution in [-0.4, -0.2) is 73.8 Å². The number of aliphatic hydroxyl groups excluding tert-OH is 4. The highest BCUT2D eigenvalue weighted by Gasteiger charge is 2.49. The average Bonchev–Trinajstić information content (AvgIpc) is 2.79. The largest absolute Gasteiger partial charge is 0.479 e. The number of hydrogen-bond donors (Lipinski definition) is 5. The molecule has 10 nitrogen and oxygen atoms in total. The maximum absolute atomic E-state index is 12.7. The highest BCUT2D eigenvalue weighted by molar-refractivity contribution is 6.30. The Bertz CT molecular complexity index is 1010. The van der Waals surface area contributed by atoms with E-state index in [0.29, 0.717) is 16.1 Å². The minimum absolute atomic E-state index is 0.262. The van der Waals surface area contributed by atoms with Crippen molar-refractivity contribution in [2.75, 3.05) is 0 Å². The van der Waals surface area contributed by atoms with Crippen LogP contribution in [0.1, 0.15) is 31.1 Å². The lowest BCUT2D eigenvalue weighted by Gasteiger charge is -2.39. The molecule has 1 fully saturated rings. The van der Waals surface area contributed by atoms with Crippen molar-refractivity contribution in [3.05, 3.63) is 64.7 Å². The molecule has 0 radical (unpaired) electrons. The van der Waals surface area contributed by atoms with Gasteiger partial charge in [-0.25, -0.2) is 9.59 Å². The van der Waals surface area contributed by atoms with Gasteiger partial charge in [-0.3, -0.25) is 0 Å². The van der Waals surface area contributed by atoms with Crippen LogP contribution < -0.4 is 4.74 Å². The zero-order valence-corrected chi connectivity index (χ0v) is 19.0. The van der Waals surface area contributed by atoms with E-state index < -0.39 is 54.3 Å². The molecular weight excluding hydrogens is 472 g/mol. The standard InChI is InChI=1S/C23H25ClO10/c1-23(2,22(31)33-21-18(28)16(26)17(27)19(32-21)20(29)30)34-14-9-5-12(6-10-14)15(25)11-3-7-13(24)8-4-11/h3-10,15-19,21,25-28H,1-2H3,(H,29,30)/t15?,16?,17-,18?,19?,21-/m1/s1. The van der Waals surface area contributed by atoms with Crippen molar-refractivity contribution >= 4 is 23.5 Å². The van der Waals surface area contributed by atoms with Gasteiger partial charge in [0, 0.05) is 5.02 Å². The Balaban J connectivity index is 1.66. The van der Waals surface area contributed by atoms with Gasteiger partial charge < -0.3 is 39.7 Å². The second-order valence-corrected chi connectivity index (χ2v) is 8.71. The lowest BCUT2D eigenvalue weighted by Crippen LogP contribution is -2.61. The molecule has 184 valence electrons. The van der Waals surface area contributed by atoms with E-state index in [-0.39, 0.29) is 5.75 Å². The summed E-state index contributed by atoms with van der Waals surface area (Å²) in [5.74, 6) is -2.36. The maximum Gasteiger partial charge on any atom is 0.352 e. The van der Waals surface area contributed by atoms with E-state index >= 15 is 0 Å². The van der Waals surface area contributed by atoms with Gasteiger partial charge in [-0.1, -0.05) is 35.9 Å². The molecule has 1 aliphatic rings. The lowest BCUT2D eigenvalue weighted by atomic mass is 9.99. The molecule has 2 aromatic carbocycles. The number of halogens is 1. The highest BCUT2D eigenvalue weighted by atomic mass is 35.5. The first-order chi connectivity index (χ1) is 15.9. The number of carboxylic acids is 1. The fourth-order valence-electron chi connectivity index (χ4n) is 3.29. The van der Waals surface area contributed by atoms with E-state index in [1.54, 1.807) is 36.4 Å². The predicted octanol–water partition coefficient (Wildman–Crippen LogP) is 1.01. The minimum atomic E-state index is -1.91. The summed E-state index contributed by atoms with van der Waals surface area (Å²) in [6, 6.07) is 13.0. The van der Waals surface area contributed by atoms with Crippen molar-refractivity contribution in [3.8, 4) is 5.75 Å². The van der Waals surface area contributed by atoms with Gasteiger partial charge in [0.15, 0.2) is 11.7 Å². The molecule has 0 aromatic heterocycles. The van der Waals surface area contributed by atoms with E-state index in [2.05, 4.69) is 0 Å². The van der Waals surface area contributed by atoms with Gasteiger partial charge in [-0.15, -0.1) is 0 Å². The SMILES string of the molecule is CC(C)(Oc1ccc(C(O)c2ccc(Cl)cc2)cc1)C(=O)O[C@H]1OC(C(=O)O)[C@H](O)C(O)C1O. The number of esters is 1. The van der Waals surface area contributed by atoms with Crippen molar-refractivity contribution < 1.29 is 49.3 Å². The van der Waals surface area contributed by atoms with E-state index in [1.165, 1.54) is 26.0 Å². The van der Waals surface area contributed by atoms with Crippen LogP contribution in [0.5, 0.6) is 5.75 Å². The molecule has 0 spiro atoms. The molecular formula is C23H25ClO10. The Morgan fingerprint density at radius 3 is 2.00 bits per heavy atom. The van der Waals surface area contributed by atoms with Crippen molar-refractivity contribution in [1.82, 2.24) is 0 Å². The summed E-state index contributed by atoms with van der Waals surface area (Å²) in [4.78, 5) is 23.9. The summed E-state index contributed by atoms with van der Waals surface area (Å²) in [5, 5.41) is 49.8. The van der Waals surface area contributed by atoms with Crippen LogP contribution in [0.4, 0.5) is 0 Å². The van der Waals surface area contributed by atoms with Crippen LogP contribution in [0, 0.1) is 0 Å². The van der Waals surface area contributed by atoms with Crippen molar-refractivity contribution in [1.29, 1.82) is 0 Å². The summed E-state index contributed by atoms with van der Waals surface area (Å²) in [5.41, 5.74) is -0.403. The monoisotopic (exact) mass is 496 g/mol. The topological polar surface area (TPSA) is 163 Å². The summed E-state index contributed by atoms with van der Waals surface area (Å²) in [6.07, 6.45) is -10.3. The molecule has 0 amide bonds. The third-order valence-electron chi connectivity index (χ3n) is 5.28. The Kier molecular flexibility index (Phi) is 7.81. The molecule has 1 heterocycles. The van der Waals surface area contributed by atoms with Crippen LogP contribution >= 0.6 is 11.6 Å². The molecule has 1 aliphatic heterocycles. The van der Waals surface area contributed by atoms with Gasteiger partial charge in [-0.05, 0) is 49.2 Å². The number of carbonyl (C=O) groups is 2. The number of hydrogen-bond acceptors (Lipinski definition) is 9. The summed E-state index contributed by atoms with van der Waals surface area (Å²) in [6.45, 7) is 2.75. The number of aliphatic carboxylic acids is 1. The molecule has 5 N–H and O–H groups in total. The van der Waals surface area contributed by atoms with Gasteiger partial charge in [0.25, 0.3) is 0 Å². The van der Waals surface area contributed by atoms with E-state index in [9.17, 15) is 30.0 Å². The van der Waals surface area contributed by atoms with E-state index in [1.807, 2.05) is 0 Å². The molecule has 0 bridgehead atoms. The van der Waals surface area contributed by atoms with Gasteiger partial charge >= 0.3 is 11.9 Å². The quantitative estimate of drug-likeness (QED) is 0.349. The summed E-state index contributed by atoms with van der Waals surface area (Å²) < 4.78 is 15.7. The zero-order valence-electron chi connectivity index (χ0n) is 18.2. The Hall–Kier alpha value is -2.73. The molecule has 2 aromatic rings.